The minimum atomic E-state index is -1.02. The molecule has 0 unspecified atom stereocenters. The number of aryl methyl sites for hydroxylation is 2. The standard InChI is InChI=1S/C22H26N2O5/c1-11-4-7-16(12(2)8-11)23-17(25)10-29-22(28)13(3)24-20(26)18-14-5-6-15(9-14)19(18)21(24)27/h4,7-8,13-15,18-19H,5-6,9-10H2,1-3H3,(H,23,25)/t13-,14+,15+,18+,19+/m1/s1. The number of fused-ring (bicyclic) bond motifs is 5. The van der Waals surface area contributed by atoms with Crippen molar-refractivity contribution in [3.63, 3.8) is 0 Å². The molecule has 1 N–H and O–H groups in total. The van der Waals surface area contributed by atoms with Crippen molar-refractivity contribution in [3.05, 3.63) is 29.3 Å². The number of anilines is 1. The minimum Gasteiger partial charge on any atom is -0.454 e. The number of esters is 1. The molecule has 2 saturated carbocycles. The summed E-state index contributed by atoms with van der Waals surface area (Å²) in [4.78, 5) is 51.2. The molecule has 2 aliphatic carbocycles. The molecule has 7 heteroatoms. The average Bonchev–Trinajstić information content (AvgIpc) is 3.35. The van der Waals surface area contributed by atoms with Crippen LogP contribution < -0.4 is 5.32 Å². The number of hydrogen-bond donors (Lipinski definition) is 1. The summed E-state index contributed by atoms with van der Waals surface area (Å²) in [6.45, 7) is 4.86. The molecule has 5 atom stereocenters. The number of carbonyl (C=O) groups is 4. The third-order valence-electron chi connectivity index (χ3n) is 6.69. The number of imide groups is 1. The van der Waals surface area contributed by atoms with E-state index in [1.54, 1.807) is 6.07 Å². The molecule has 1 heterocycles. The number of rotatable bonds is 5. The Hall–Kier alpha value is -2.70. The lowest BCUT2D eigenvalue weighted by Gasteiger charge is -2.23. The maximum absolute atomic E-state index is 12.8. The molecule has 4 rings (SSSR count). The Bertz CT molecular complexity index is 867. The molecule has 29 heavy (non-hydrogen) atoms. The van der Waals surface area contributed by atoms with E-state index < -0.39 is 24.5 Å². The third-order valence-corrected chi connectivity index (χ3v) is 6.69. The summed E-state index contributed by atoms with van der Waals surface area (Å²) in [5.74, 6) is -1.74. The second kappa shape index (κ2) is 7.28. The summed E-state index contributed by atoms with van der Waals surface area (Å²) < 4.78 is 5.10. The zero-order valence-corrected chi connectivity index (χ0v) is 16.9. The number of ether oxygens (including phenoxy) is 1. The normalized spacial score (nSPS) is 28.4. The van der Waals surface area contributed by atoms with Crippen LogP contribution in [0.25, 0.3) is 0 Å². The van der Waals surface area contributed by atoms with E-state index in [-0.39, 0.29) is 35.5 Å². The van der Waals surface area contributed by atoms with Crippen LogP contribution in [0.15, 0.2) is 18.2 Å². The predicted molar refractivity (Wildman–Crippen MR) is 105 cm³/mol. The van der Waals surface area contributed by atoms with E-state index in [0.717, 1.165) is 35.3 Å². The first kappa shape index (κ1) is 19.6. The van der Waals surface area contributed by atoms with Crippen molar-refractivity contribution in [2.24, 2.45) is 23.7 Å². The van der Waals surface area contributed by atoms with Gasteiger partial charge in [-0.2, -0.15) is 0 Å². The first-order chi connectivity index (χ1) is 13.8. The van der Waals surface area contributed by atoms with Crippen molar-refractivity contribution in [3.8, 4) is 0 Å². The Kier molecular flexibility index (Phi) is 4.92. The lowest BCUT2D eigenvalue weighted by Crippen LogP contribution is -2.45. The van der Waals surface area contributed by atoms with Crippen LogP contribution in [-0.4, -0.2) is 41.2 Å². The minimum absolute atomic E-state index is 0.253. The Morgan fingerprint density at radius 1 is 1.14 bits per heavy atom. The number of benzene rings is 1. The SMILES string of the molecule is Cc1ccc(NC(=O)COC(=O)[C@@H](C)N2C(=O)[C@H]3[C@H]4CC[C@@H](C4)[C@@H]3C2=O)c(C)c1. The van der Waals surface area contributed by atoms with Gasteiger partial charge in [0, 0.05) is 5.69 Å². The Morgan fingerprint density at radius 2 is 1.76 bits per heavy atom. The molecule has 3 aliphatic rings. The number of carbonyl (C=O) groups excluding carboxylic acids is 4. The summed E-state index contributed by atoms with van der Waals surface area (Å²) in [5, 5.41) is 2.71. The molecule has 0 spiro atoms. The fraction of sp³-hybridized carbons (Fsp3) is 0.545. The number of nitrogens with one attached hydrogen (secondary N) is 1. The molecule has 3 fully saturated rings. The summed E-state index contributed by atoms with van der Waals surface area (Å²) in [6.07, 6.45) is 2.91. The van der Waals surface area contributed by atoms with Crippen LogP contribution in [0.1, 0.15) is 37.3 Å². The van der Waals surface area contributed by atoms with E-state index in [0.29, 0.717) is 5.69 Å². The van der Waals surface area contributed by atoms with Gasteiger partial charge in [0.25, 0.3) is 5.91 Å². The van der Waals surface area contributed by atoms with Crippen LogP contribution in [0.3, 0.4) is 0 Å². The summed E-state index contributed by atoms with van der Waals surface area (Å²) in [7, 11) is 0. The first-order valence-corrected chi connectivity index (χ1v) is 10.2. The quantitative estimate of drug-likeness (QED) is 0.606. The molecular formula is C22H26N2O5. The molecule has 154 valence electrons. The van der Waals surface area contributed by atoms with Gasteiger partial charge >= 0.3 is 5.97 Å². The average molecular weight is 398 g/mol. The highest BCUT2D eigenvalue weighted by atomic mass is 16.5. The van der Waals surface area contributed by atoms with Crippen LogP contribution in [0.5, 0.6) is 0 Å². The molecule has 0 aromatic heterocycles. The second-order valence-electron chi connectivity index (χ2n) is 8.58. The Morgan fingerprint density at radius 3 is 2.34 bits per heavy atom. The van der Waals surface area contributed by atoms with Crippen molar-refractivity contribution in [1.29, 1.82) is 0 Å². The largest absolute Gasteiger partial charge is 0.454 e. The van der Waals surface area contributed by atoms with Gasteiger partial charge in [-0.1, -0.05) is 17.7 Å². The van der Waals surface area contributed by atoms with Crippen molar-refractivity contribution in [2.45, 2.75) is 46.1 Å². The van der Waals surface area contributed by atoms with Crippen molar-refractivity contribution >= 4 is 29.4 Å². The monoisotopic (exact) mass is 398 g/mol. The van der Waals surface area contributed by atoms with E-state index in [1.807, 2.05) is 26.0 Å². The van der Waals surface area contributed by atoms with Crippen LogP contribution in [0.2, 0.25) is 0 Å². The Labute approximate surface area is 169 Å². The zero-order chi connectivity index (χ0) is 20.9. The maximum atomic E-state index is 12.8. The summed E-state index contributed by atoms with van der Waals surface area (Å²) in [6, 6.07) is 4.60. The van der Waals surface area contributed by atoms with Gasteiger partial charge in [0.2, 0.25) is 11.8 Å². The van der Waals surface area contributed by atoms with Gasteiger partial charge in [-0.25, -0.2) is 4.79 Å². The first-order valence-electron chi connectivity index (χ1n) is 10.2. The highest BCUT2D eigenvalue weighted by Gasteiger charge is 2.62. The Balaban J connectivity index is 1.34. The lowest BCUT2D eigenvalue weighted by atomic mass is 9.81. The third kappa shape index (κ3) is 3.32. The maximum Gasteiger partial charge on any atom is 0.329 e. The van der Waals surface area contributed by atoms with Crippen LogP contribution in [0, 0.1) is 37.5 Å². The van der Waals surface area contributed by atoms with Gasteiger partial charge < -0.3 is 10.1 Å². The topological polar surface area (TPSA) is 92.8 Å². The van der Waals surface area contributed by atoms with Gasteiger partial charge in [0.05, 0.1) is 11.8 Å². The van der Waals surface area contributed by atoms with Gasteiger partial charge in [-0.15, -0.1) is 0 Å². The van der Waals surface area contributed by atoms with Gasteiger partial charge in [0.15, 0.2) is 6.61 Å². The van der Waals surface area contributed by atoms with Crippen molar-refractivity contribution in [1.82, 2.24) is 4.90 Å². The zero-order valence-electron chi connectivity index (χ0n) is 16.9. The second-order valence-corrected chi connectivity index (χ2v) is 8.58. The van der Waals surface area contributed by atoms with Crippen LogP contribution in [0.4, 0.5) is 5.69 Å². The van der Waals surface area contributed by atoms with Crippen molar-refractivity contribution in [2.75, 3.05) is 11.9 Å². The lowest BCUT2D eigenvalue weighted by molar-refractivity contribution is -0.159. The smallest absolute Gasteiger partial charge is 0.329 e. The molecule has 1 aliphatic heterocycles. The molecule has 3 amide bonds. The van der Waals surface area contributed by atoms with E-state index in [9.17, 15) is 19.2 Å². The number of hydrogen-bond acceptors (Lipinski definition) is 5. The fourth-order valence-corrected chi connectivity index (χ4v) is 5.32. The highest BCUT2D eigenvalue weighted by molar-refractivity contribution is 6.08. The number of nitrogens with zero attached hydrogens (tertiary/aromatic N) is 1. The molecule has 1 saturated heterocycles. The fourth-order valence-electron chi connectivity index (χ4n) is 5.32. The summed E-state index contributed by atoms with van der Waals surface area (Å²) in [5.41, 5.74) is 2.64. The van der Waals surface area contributed by atoms with E-state index in [2.05, 4.69) is 5.32 Å². The predicted octanol–water partition coefficient (Wildman–Crippen LogP) is 2.20. The molecule has 1 aromatic carbocycles. The highest BCUT2D eigenvalue weighted by Crippen LogP contribution is 2.56. The molecular weight excluding hydrogens is 372 g/mol. The van der Waals surface area contributed by atoms with Gasteiger partial charge in [0.1, 0.15) is 6.04 Å². The molecule has 7 nitrogen and oxygen atoms in total. The van der Waals surface area contributed by atoms with Gasteiger partial charge in [-0.3, -0.25) is 19.3 Å². The van der Waals surface area contributed by atoms with Crippen molar-refractivity contribution < 1.29 is 23.9 Å². The molecule has 2 bridgehead atoms. The van der Waals surface area contributed by atoms with Gasteiger partial charge in [-0.05, 0) is 63.5 Å². The number of likely N-dealkylation sites (tertiary alicyclic amines) is 1. The molecule has 1 aromatic rings. The number of amides is 3. The van der Waals surface area contributed by atoms with E-state index in [4.69, 9.17) is 4.74 Å². The molecule has 0 radical (unpaired) electrons. The summed E-state index contributed by atoms with van der Waals surface area (Å²) >= 11 is 0. The van der Waals surface area contributed by atoms with Crippen LogP contribution >= 0.6 is 0 Å². The van der Waals surface area contributed by atoms with E-state index in [1.165, 1.54) is 6.92 Å². The van der Waals surface area contributed by atoms with Crippen LogP contribution in [-0.2, 0) is 23.9 Å². The van der Waals surface area contributed by atoms with E-state index >= 15 is 0 Å².